The first-order chi connectivity index (χ1) is 16.6. The first-order valence-electron chi connectivity index (χ1n) is 12.0. The minimum Gasteiger partial charge on any atom is -0.492 e. The van der Waals surface area contributed by atoms with Crippen LogP contribution in [0.4, 0.5) is 0 Å². The van der Waals surface area contributed by atoms with E-state index in [9.17, 15) is 4.79 Å². The van der Waals surface area contributed by atoms with Crippen LogP contribution >= 0.6 is 36.4 Å². The summed E-state index contributed by atoms with van der Waals surface area (Å²) < 4.78 is 5.90. The van der Waals surface area contributed by atoms with Gasteiger partial charge in [-0.1, -0.05) is 24.6 Å². The summed E-state index contributed by atoms with van der Waals surface area (Å²) in [5.74, 6) is 0.516. The topological polar surface area (TPSA) is 80.8 Å². The smallest absolute Gasteiger partial charge is 0.252 e. The van der Waals surface area contributed by atoms with Gasteiger partial charge in [0.1, 0.15) is 5.75 Å². The normalized spacial score (nSPS) is 15.8. The van der Waals surface area contributed by atoms with Crippen LogP contribution in [0.2, 0.25) is 5.02 Å². The predicted octanol–water partition coefficient (Wildman–Crippen LogP) is 4.47. The van der Waals surface area contributed by atoms with Crippen molar-refractivity contribution < 1.29 is 14.6 Å². The highest BCUT2D eigenvalue weighted by molar-refractivity contribution is 6.34. The molecular weight excluding hydrogens is 523 g/mol. The number of amides is 1. The number of aliphatic hydroxyl groups excluding tert-OH is 1. The zero-order valence-corrected chi connectivity index (χ0v) is 22.7. The van der Waals surface area contributed by atoms with Crippen LogP contribution in [0.1, 0.15) is 34.8 Å². The Hall–Kier alpha value is -2.00. The molecule has 0 aliphatic carbocycles. The van der Waals surface area contributed by atoms with E-state index in [-0.39, 0.29) is 37.3 Å². The lowest BCUT2D eigenvalue weighted by Crippen LogP contribution is -2.46. The van der Waals surface area contributed by atoms with Crippen molar-refractivity contribution in [2.24, 2.45) is 0 Å². The van der Waals surface area contributed by atoms with Crippen LogP contribution in [0, 0.1) is 0 Å². The van der Waals surface area contributed by atoms with Crippen molar-refractivity contribution in [3.63, 3.8) is 0 Å². The number of rotatable bonds is 8. The molecule has 0 spiro atoms. The number of hydrogen-bond donors (Lipinski definition) is 3. The largest absolute Gasteiger partial charge is 0.492 e. The van der Waals surface area contributed by atoms with Crippen molar-refractivity contribution in [3.05, 3.63) is 52.0 Å². The van der Waals surface area contributed by atoms with E-state index in [4.69, 9.17) is 21.4 Å². The summed E-state index contributed by atoms with van der Waals surface area (Å²) in [7, 11) is 0. The number of nitrogens with zero attached hydrogens (tertiary/aromatic N) is 2. The number of hydrogen-bond acceptors (Lipinski definition) is 5. The van der Waals surface area contributed by atoms with Crippen molar-refractivity contribution in [1.82, 2.24) is 20.1 Å². The number of carbonyl (C=O) groups excluding carboxylic acids is 1. The maximum absolute atomic E-state index is 12.6. The van der Waals surface area contributed by atoms with Gasteiger partial charge in [0, 0.05) is 73.5 Å². The Kier molecular flexibility index (Phi) is 9.92. The quantitative estimate of drug-likeness (QED) is 0.382. The van der Waals surface area contributed by atoms with Gasteiger partial charge in [0.25, 0.3) is 5.91 Å². The Bertz CT molecular complexity index is 1210. The molecule has 1 fully saturated rings. The Morgan fingerprint density at radius 2 is 1.83 bits per heavy atom. The molecule has 0 atom stereocenters. The van der Waals surface area contributed by atoms with Crippen LogP contribution in [0.25, 0.3) is 22.2 Å². The van der Waals surface area contributed by atoms with Crippen LogP contribution in [0.5, 0.6) is 5.75 Å². The second-order valence-electron chi connectivity index (χ2n) is 9.07. The molecule has 1 amide bonds. The van der Waals surface area contributed by atoms with Gasteiger partial charge in [-0.25, -0.2) is 0 Å². The third-order valence-electron chi connectivity index (χ3n) is 6.70. The van der Waals surface area contributed by atoms with Gasteiger partial charge in [0.05, 0.1) is 23.8 Å². The lowest BCUT2D eigenvalue weighted by molar-refractivity contribution is 0.0966. The van der Waals surface area contributed by atoms with Gasteiger partial charge < -0.3 is 20.1 Å². The molecule has 0 radical (unpaired) electrons. The van der Waals surface area contributed by atoms with Crippen molar-refractivity contribution in [3.8, 4) is 17.0 Å². The first kappa shape index (κ1) is 28.6. The number of ether oxygens (including phenoxy) is 1. The van der Waals surface area contributed by atoms with Crippen LogP contribution in [0.3, 0.4) is 0 Å². The van der Waals surface area contributed by atoms with Gasteiger partial charge in [0.2, 0.25) is 0 Å². The Balaban J connectivity index is 0.00000180. The number of β-amino-alcohol motifs (C(OH)–C–C–N with tert-alkyl or cyclic N) is 1. The van der Waals surface area contributed by atoms with Crippen LogP contribution in [0.15, 0.2) is 30.3 Å². The molecular formula is C26H33Cl3N4O3. The molecule has 1 aromatic heterocycles. The van der Waals surface area contributed by atoms with Crippen LogP contribution < -0.4 is 10.1 Å². The number of nitrogens with one attached hydrogen (secondary N) is 2. The molecule has 0 saturated carbocycles. The summed E-state index contributed by atoms with van der Waals surface area (Å²) in [6, 6.07) is 10.5. The lowest BCUT2D eigenvalue weighted by Gasteiger charge is -2.34. The maximum atomic E-state index is 12.6. The minimum atomic E-state index is -0.103. The molecule has 3 N–H and O–H groups in total. The van der Waals surface area contributed by atoms with Gasteiger partial charge in [-0.05, 0) is 36.2 Å². The molecule has 2 aliphatic rings. The molecule has 196 valence electrons. The molecule has 5 rings (SSSR count). The van der Waals surface area contributed by atoms with Gasteiger partial charge in [0.15, 0.2) is 0 Å². The van der Waals surface area contributed by atoms with Crippen molar-refractivity contribution in [1.29, 1.82) is 0 Å². The van der Waals surface area contributed by atoms with E-state index in [0.29, 0.717) is 29.5 Å². The lowest BCUT2D eigenvalue weighted by atomic mass is 9.99. The highest BCUT2D eigenvalue weighted by Crippen LogP contribution is 2.40. The number of aliphatic hydroxyl groups is 1. The summed E-state index contributed by atoms with van der Waals surface area (Å²) in [5.41, 5.74) is 5.43. The Morgan fingerprint density at radius 3 is 2.56 bits per heavy atom. The van der Waals surface area contributed by atoms with E-state index >= 15 is 0 Å². The average Bonchev–Trinajstić information content (AvgIpc) is 3.44. The molecule has 3 aromatic rings. The summed E-state index contributed by atoms with van der Waals surface area (Å²) >= 11 is 6.59. The molecule has 7 nitrogen and oxygen atoms in total. The van der Waals surface area contributed by atoms with E-state index in [1.807, 2.05) is 6.07 Å². The van der Waals surface area contributed by atoms with Crippen molar-refractivity contribution in [2.75, 3.05) is 45.9 Å². The van der Waals surface area contributed by atoms with E-state index in [1.54, 1.807) is 0 Å². The predicted molar refractivity (Wildman–Crippen MR) is 149 cm³/mol. The maximum Gasteiger partial charge on any atom is 0.252 e. The molecule has 3 heterocycles. The molecule has 36 heavy (non-hydrogen) atoms. The first-order valence-corrected chi connectivity index (χ1v) is 12.4. The molecule has 2 aromatic carbocycles. The fourth-order valence-electron chi connectivity index (χ4n) is 4.90. The number of benzene rings is 2. The van der Waals surface area contributed by atoms with Gasteiger partial charge in [-0.3, -0.25) is 14.6 Å². The fourth-order valence-corrected chi connectivity index (χ4v) is 5.17. The van der Waals surface area contributed by atoms with E-state index in [2.05, 4.69) is 51.3 Å². The average molecular weight is 556 g/mol. The standard InChI is InChI=1S/C26H31ClN4O3.2ClH/c1-2-11-34-23-14-19(24-20(25(23)27)15-28-26(24)33)22-13-18-12-17(3-4-21(18)29-22)16-31-7-5-30(6-8-31)9-10-32;;/h3-4,12-14,29,32H,2,5-11,15-16H2,1H3,(H,28,33);2*1H. The summed E-state index contributed by atoms with van der Waals surface area (Å²) in [6.45, 7) is 8.90. The number of fused-ring (bicyclic) bond motifs is 2. The second-order valence-corrected chi connectivity index (χ2v) is 9.44. The monoisotopic (exact) mass is 554 g/mol. The zero-order chi connectivity index (χ0) is 23.7. The minimum absolute atomic E-state index is 0. The summed E-state index contributed by atoms with van der Waals surface area (Å²) in [5, 5.41) is 13.7. The summed E-state index contributed by atoms with van der Waals surface area (Å²) in [6.07, 6.45) is 0.881. The number of piperazine rings is 1. The molecule has 0 bridgehead atoms. The van der Waals surface area contributed by atoms with Crippen molar-refractivity contribution >= 4 is 53.2 Å². The Labute approximate surface area is 228 Å². The molecule has 2 aliphatic heterocycles. The third kappa shape index (κ3) is 5.77. The van der Waals surface area contributed by atoms with E-state index in [1.165, 1.54) is 5.56 Å². The number of H-pyrrole nitrogens is 1. The third-order valence-corrected chi connectivity index (χ3v) is 7.12. The highest BCUT2D eigenvalue weighted by atomic mass is 35.5. The molecule has 0 unspecified atom stereocenters. The summed E-state index contributed by atoms with van der Waals surface area (Å²) in [4.78, 5) is 20.9. The van der Waals surface area contributed by atoms with E-state index in [0.717, 1.165) is 73.4 Å². The molecule has 1 saturated heterocycles. The van der Waals surface area contributed by atoms with Crippen LogP contribution in [-0.4, -0.2) is 71.7 Å². The van der Waals surface area contributed by atoms with E-state index < -0.39 is 0 Å². The number of aromatic amines is 1. The van der Waals surface area contributed by atoms with Crippen molar-refractivity contribution in [2.45, 2.75) is 26.4 Å². The zero-order valence-electron chi connectivity index (χ0n) is 20.3. The second kappa shape index (κ2) is 12.5. The van der Waals surface area contributed by atoms with Gasteiger partial charge in [-0.15, -0.1) is 24.8 Å². The molecule has 10 heteroatoms. The fraction of sp³-hybridized carbons (Fsp3) is 0.423. The van der Waals surface area contributed by atoms with Crippen LogP contribution in [-0.2, 0) is 13.1 Å². The van der Waals surface area contributed by atoms with Gasteiger partial charge in [-0.2, -0.15) is 0 Å². The number of aromatic nitrogens is 1. The number of carbonyl (C=O) groups is 1. The van der Waals surface area contributed by atoms with Gasteiger partial charge >= 0.3 is 0 Å². The SMILES string of the molecule is CCCOc1cc(-c2cc3cc(CN4CCN(CCO)CC4)ccc3[nH]2)c2c(c1Cl)CNC2=O.Cl.Cl. The number of halogens is 3. The highest BCUT2D eigenvalue weighted by Gasteiger charge is 2.29. The Morgan fingerprint density at radius 1 is 1.08 bits per heavy atom.